The second kappa shape index (κ2) is 10.0. The van der Waals surface area contributed by atoms with Gasteiger partial charge >= 0.3 is 5.97 Å². The van der Waals surface area contributed by atoms with Crippen LogP contribution in [0, 0.1) is 11.3 Å². The summed E-state index contributed by atoms with van der Waals surface area (Å²) in [7, 11) is 0. The fraction of sp³-hybridized carbons (Fsp3) is 0.586. The Kier molecular flexibility index (Phi) is 6.59. The summed E-state index contributed by atoms with van der Waals surface area (Å²) in [6.07, 6.45) is 13.4. The molecule has 3 aromatic heterocycles. The van der Waals surface area contributed by atoms with E-state index in [0.717, 1.165) is 75.5 Å². The molecule has 0 spiro atoms. The lowest BCUT2D eigenvalue weighted by atomic mass is 9.59. The van der Waals surface area contributed by atoms with Gasteiger partial charge in [0.15, 0.2) is 0 Å². The summed E-state index contributed by atoms with van der Waals surface area (Å²) in [6, 6.07) is 1.57. The second-order valence-electron chi connectivity index (χ2n) is 12.2. The first-order valence-electron chi connectivity index (χ1n) is 14.2. The Morgan fingerprint density at radius 2 is 1.77 bits per heavy atom. The van der Waals surface area contributed by atoms with Crippen molar-refractivity contribution in [2.45, 2.75) is 88.9 Å². The number of aromatic carboxylic acids is 1. The SMILES string of the molecule is O=C(O)c1cc(OCC23CCC(OCc4c(-c5c(Cl)cncc5Cl)noc4C4CC4)(CC2)CC3)nn1CC1CC1. The van der Waals surface area contributed by atoms with Crippen molar-refractivity contribution >= 4 is 29.2 Å². The summed E-state index contributed by atoms with van der Waals surface area (Å²) in [4.78, 5) is 15.8. The van der Waals surface area contributed by atoms with Crippen molar-refractivity contribution in [2.24, 2.45) is 11.3 Å². The molecule has 2 bridgehead atoms. The number of fused-ring (bicyclic) bond motifs is 3. The van der Waals surface area contributed by atoms with Gasteiger partial charge in [-0.3, -0.25) is 9.67 Å². The summed E-state index contributed by atoms with van der Waals surface area (Å²) in [5, 5.41) is 19.3. The standard InChI is InChI=1S/C29H32Cl2N4O5/c30-20-12-32-13-21(31)24(20)25-19(26(40-34-25)18-3-4-18)15-39-29-8-5-28(6-9-29,7-10-29)16-38-23-11-22(27(36)37)35(33-23)14-17-1-2-17/h11-13,17-18H,1-10,14-16H2,(H,36,37). The van der Waals surface area contributed by atoms with Gasteiger partial charge in [-0.25, -0.2) is 4.79 Å². The quantitative estimate of drug-likeness (QED) is 0.258. The number of rotatable bonds is 11. The fourth-order valence-electron chi connectivity index (χ4n) is 6.40. The summed E-state index contributed by atoms with van der Waals surface area (Å²) < 4.78 is 20.3. The number of aromatic nitrogens is 4. The highest BCUT2D eigenvalue weighted by molar-refractivity contribution is 6.38. The van der Waals surface area contributed by atoms with Gasteiger partial charge in [-0.15, -0.1) is 5.10 Å². The Bertz CT molecular complexity index is 1400. The van der Waals surface area contributed by atoms with Crippen molar-refractivity contribution in [1.82, 2.24) is 19.9 Å². The zero-order valence-corrected chi connectivity index (χ0v) is 23.7. The molecule has 9 nitrogen and oxygen atoms in total. The summed E-state index contributed by atoms with van der Waals surface area (Å²) >= 11 is 12.9. The molecule has 0 radical (unpaired) electrons. The highest BCUT2D eigenvalue weighted by atomic mass is 35.5. The molecule has 5 aliphatic carbocycles. The molecule has 0 aromatic carbocycles. The van der Waals surface area contributed by atoms with Gasteiger partial charge in [0.05, 0.1) is 28.9 Å². The Labute approximate surface area is 242 Å². The van der Waals surface area contributed by atoms with Crippen LogP contribution in [-0.4, -0.2) is 43.2 Å². The van der Waals surface area contributed by atoms with E-state index in [-0.39, 0.29) is 16.7 Å². The average Bonchev–Trinajstić information content (AvgIpc) is 3.88. The van der Waals surface area contributed by atoms with Crippen LogP contribution < -0.4 is 4.74 Å². The van der Waals surface area contributed by atoms with Crippen LogP contribution in [0.2, 0.25) is 10.0 Å². The number of pyridine rings is 1. The fourth-order valence-corrected chi connectivity index (χ4v) is 6.94. The molecule has 3 heterocycles. The molecule has 0 amide bonds. The average molecular weight is 588 g/mol. The van der Waals surface area contributed by atoms with E-state index in [1.807, 2.05) is 0 Å². The first-order valence-corrected chi connectivity index (χ1v) is 15.0. The minimum absolute atomic E-state index is 0.0639. The van der Waals surface area contributed by atoms with E-state index < -0.39 is 5.97 Å². The molecule has 5 saturated carbocycles. The Hall–Kier alpha value is -2.62. The maximum absolute atomic E-state index is 11.7. The van der Waals surface area contributed by atoms with Gasteiger partial charge < -0.3 is 19.1 Å². The van der Waals surface area contributed by atoms with Crippen LogP contribution in [0.1, 0.15) is 91.9 Å². The smallest absolute Gasteiger partial charge is 0.354 e. The zero-order chi connectivity index (χ0) is 27.5. The first kappa shape index (κ1) is 26.3. The highest BCUT2D eigenvalue weighted by Gasteiger charge is 2.50. The normalized spacial score (nSPS) is 25.9. The van der Waals surface area contributed by atoms with Crippen LogP contribution in [0.3, 0.4) is 0 Å². The number of ether oxygens (including phenoxy) is 2. The highest BCUT2D eigenvalue weighted by Crippen LogP contribution is 2.55. The molecule has 40 heavy (non-hydrogen) atoms. The van der Waals surface area contributed by atoms with E-state index in [0.29, 0.717) is 58.8 Å². The van der Waals surface area contributed by atoms with Crippen LogP contribution in [0.25, 0.3) is 11.3 Å². The first-order chi connectivity index (χ1) is 19.3. The van der Waals surface area contributed by atoms with Gasteiger partial charge in [-0.05, 0) is 70.1 Å². The van der Waals surface area contributed by atoms with Crippen LogP contribution >= 0.6 is 23.2 Å². The van der Waals surface area contributed by atoms with E-state index in [1.165, 1.54) is 0 Å². The van der Waals surface area contributed by atoms with E-state index in [2.05, 4.69) is 15.2 Å². The lowest BCUT2D eigenvalue weighted by molar-refractivity contribution is -0.150. The molecule has 5 fully saturated rings. The molecule has 0 atom stereocenters. The van der Waals surface area contributed by atoms with Gasteiger partial charge in [0.25, 0.3) is 0 Å². The number of hydrogen-bond acceptors (Lipinski definition) is 7. The molecule has 0 aliphatic heterocycles. The number of carboxylic acids is 1. The van der Waals surface area contributed by atoms with Crippen LogP contribution in [-0.2, 0) is 17.9 Å². The van der Waals surface area contributed by atoms with Crippen molar-refractivity contribution in [3.63, 3.8) is 0 Å². The van der Waals surface area contributed by atoms with Crippen molar-refractivity contribution in [3.8, 4) is 17.1 Å². The van der Waals surface area contributed by atoms with Crippen LogP contribution in [0.15, 0.2) is 23.0 Å². The molecular formula is C29H32Cl2N4O5. The predicted molar refractivity (Wildman–Crippen MR) is 147 cm³/mol. The van der Waals surface area contributed by atoms with Crippen molar-refractivity contribution in [1.29, 1.82) is 0 Å². The van der Waals surface area contributed by atoms with E-state index >= 15 is 0 Å². The zero-order valence-electron chi connectivity index (χ0n) is 22.2. The van der Waals surface area contributed by atoms with Gasteiger partial charge in [-0.2, -0.15) is 0 Å². The second-order valence-corrected chi connectivity index (χ2v) is 13.0. The number of carboxylic acid groups (broad SMARTS) is 1. The number of hydrogen-bond donors (Lipinski definition) is 1. The van der Waals surface area contributed by atoms with Crippen molar-refractivity contribution in [2.75, 3.05) is 6.61 Å². The Balaban J connectivity index is 1.02. The minimum atomic E-state index is -0.965. The number of carbonyl (C=O) groups is 1. The molecule has 3 aromatic rings. The monoisotopic (exact) mass is 586 g/mol. The maximum atomic E-state index is 11.7. The summed E-state index contributed by atoms with van der Waals surface area (Å²) in [5.74, 6) is 1.22. The molecule has 8 rings (SSSR count). The lowest BCUT2D eigenvalue weighted by Crippen LogP contribution is -2.49. The lowest BCUT2D eigenvalue weighted by Gasteiger charge is -2.52. The largest absolute Gasteiger partial charge is 0.477 e. The number of halogens is 2. The molecule has 0 saturated heterocycles. The van der Waals surface area contributed by atoms with Crippen LogP contribution in [0.5, 0.6) is 5.88 Å². The third-order valence-corrected chi connectivity index (χ3v) is 9.92. The van der Waals surface area contributed by atoms with Crippen molar-refractivity contribution in [3.05, 3.63) is 45.5 Å². The molecule has 11 heteroatoms. The van der Waals surface area contributed by atoms with Crippen LogP contribution in [0.4, 0.5) is 0 Å². The van der Waals surface area contributed by atoms with E-state index in [9.17, 15) is 9.90 Å². The third kappa shape index (κ3) is 5.01. The maximum Gasteiger partial charge on any atom is 0.354 e. The van der Waals surface area contributed by atoms with Crippen molar-refractivity contribution < 1.29 is 23.9 Å². The topological polar surface area (TPSA) is 112 Å². The molecule has 212 valence electrons. The van der Waals surface area contributed by atoms with Gasteiger partial charge in [-0.1, -0.05) is 28.4 Å². The Morgan fingerprint density at radius 3 is 2.40 bits per heavy atom. The van der Waals surface area contributed by atoms with Gasteiger partial charge in [0, 0.05) is 47.5 Å². The summed E-state index contributed by atoms with van der Waals surface area (Å²) in [6.45, 7) is 1.59. The van der Waals surface area contributed by atoms with Gasteiger partial charge in [0.2, 0.25) is 5.88 Å². The van der Waals surface area contributed by atoms with E-state index in [4.69, 9.17) is 37.2 Å². The van der Waals surface area contributed by atoms with Gasteiger partial charge in [0.1, 0.15) is 17.1 Å². The minimum Gasteiger partial charge on any atom is -0.477 e. The molecule has 5 aliphatic rings. The van der Waals surface area contributed by atoms with E-state index in [1.54, 1.807) is 23.1 Å². The predicted octanol–water partition coefficient (Wildman–Crippen LogP) is 6.91. The number of nitrogens with zero attached hydrogens (tertiary/aromatic N) is 4. The Morgan fingerprint density at radius 1 is 1.07 bits per heavy atom. The third-order valence-electron chi connectivity index (χ3n) is 9.34. The summed E-state index contributed by atoms with van der Waals surface area (Å²) in [5.41, 5.74) is 2.30. The molecule has 1 N–H and O–H groups in total. The molecule has 0 unspecified atom stereocenters. The molecular weight excluding hydrogens is 555 g/mol.